The van der Waals surface area contributed by atoms with Gasteiger partial charge in [0.15, 0.2) is 0 Å². The molecule has 0 bridgehead atoms. The molecule has 3 amide bonds. The van der Waals surface area contributed by atoms with Crippen molar-refractivity contribution in [1.29, 1.82) is 0 Å². The van der Waals surface area contributed by atoms with Gasteiger partial charge in [0.25, 0.3) is 15.9 Å². The molecule has 3 rings (SSSR count). The average Bonchev–Trinajstić information content (AvgIpc) is 2.79. The summed E-state index contributed by atoms with van der Waals surface area (Å²) < 4.78 is 32.2. The maximum absolute atomic E-state index is 12.5. The van der Waals surface area contributed by atoms with Gasteiger partial charge >= 0.3 is 6.03 Å². The number of carbonyl (C=O) groups excluding carboxylic acids is 2. The predicted molar refractivity (Wildman–Crippen MR) is 126 cm³/mol. The van der Waals surface area contributed by atoms with Gasteiger partial charge in [-0.2, -0.15) is 0 Å². The average molecular weight is 559 g/mol. The van der Waals surface area contributed by atoms with Crippen molar-refractivity contribution in [2.24, 2.45) is 0 Å². The second-order valence-corrected chi connectivity index (χ2v) is 10.0. The van der Waals surface area contributed by atoms with Crippen LogP contribution in [-0.4, -0.2) is 40.1 Å². The minimum atomic E-state index is -3.97. The molecule has 0 spiro atoms. The summed E-state index contributed by atoms with van der Waals surface area (Å²) >= 11 is 5.96. The Labute approximate surface area is 218 Å². The SMILES string of the molecule is COc1ccc(Cl)cc1C(=O)NCCc1ccc(S(=O)(=O)NC(=O)NC2CCCCC2)cc1.[Zn]. The fourth-order valence-electron chi connectivity index (χ4n) is 3.75. The molecule has 0 heterocycles. The summed E-state index contributed by atoms with van der Waals surface area (Å²) in [6.07, 6.45) is 5.43. The minimum Gasteiger partial charge on any atom is -0.496 e. The Hall–Kier alpha value is -2.16. The Morgan fingerprint density at radius 2 is 1.74 bits per heavy atom. The number of methoxy groups -OCH3 is 1. The third-order valence-electron chi connectivity index (χ3n) is 5.51. The van der Waals surface area contributed by atoms with E-state index in [0.29, 0.717) is 29.3 Å². The van der Waals surface area contributed by atoms with Crippen LogP contribution in [-0.2, 0) is 35.9 Å². The number of nitrogens with one attached hydrogen (secondary N) is 3. The molecule has 1 saturated carbocycles. The fourth-order valence-corrected chi connectivity index (χ4v) is 4.84. The topological polar surface area (TPSA) is 114 Å². The molecule has 1 fully saturated rings. The Bertz CT molecular complexity index is 1090. The quantitative estimate of drug-likeness (QED) is 0.428. The molecule has 0 saturated heterocycles. The van der Waals surface area contributed by atoms with E-state index in [2.05, 4.69) is 15.4 Å². The monoisotopic (exact) mass is 557 g/mol. The van der Waals surface area contributed by atoms with E-state index in [4.69, 9.17) is 16.3 Å². The molecular formula is C23H28ClN3O5SZn. The first-order valence-electron chi connectivity index (χ1n) is 10.8. The van der Waals surface area contributed by atoms with Crippen LogP contribution in [0.3, 0.4) is 0 Å². The number of halogens is 1. The fraction of sp³-hybridized carbons (Fsp3) is 0.391. The number of sulfonamides is 1. The summed E-state index contributed by atoms with van der Waals surface area (Å²) in [7, 11) is -2.49. The van der Waals surface area contributed by atoms with E-state index in [1.165, 1.54) is 25.3 Å². The Morgan fingerprint density at radius 1 is 1.06 bits per heavy atom. The van der Waals surface area contributed by atoms with Crippen LogP contribution >= 0.6 is 11.6 Å². The number of ether oxygens (including phenoxy) is 1. The first kappa shape index (κ1) is 28.1. The number of hydrogen-bond acceptors (Lipinski definition) is 5. The smallest absolute Gasteiger partial charge is 0.328 e. The summed E-state index contributed by atoms with van der Waals surface area (Å²) in [4.78, 5) is 24.5. The van der Waals surface area contributed by atoms with Crippen LogP contribution in [0.4, 0.5) is 4.79 Å². The van der Waals surface area contributed by atoms with E-state index in [-0.39, 0.29) is 36.3 Å². The van der Waals surface area contributed by atoms with Crippen LogP contribution in [0.2, 0.25) is 5.02 Å². The van der Waals surface area contributed by atoms with Crippen molar-refractivity contribution in [2.45, 2.75) is 49.5 Å². The zero-order chi connectivity index (χ0) is 23.8. The number of rotatable bonds is 8. The molecular weight excluding hydrogens is 531 g/mol. The maximum atomic E-state index is 12.5. The molecule has 1 aliphatic carbocycles. The van der Waals surface area contributed by atoms with Gasteiger partial charge in [0.1, 0.15) is 5.75 Å². The molecule has 8 nitrogen and oxygen atoms in total. The normalized spacial score (nSPS) is 13.9. The van der Waals surface area contributed by atoms with Gasteiger partial charge in [-0.05, 0) is 55.2 Å². The zero-order valence-corrected chi connectivity index (χ0v) is 23.6. The summed E-state index contributed by atoms with van der Waals surface area (Å²) in [5.41, 5.74) is 1.17. The van der Waals surface area contributed by atoms with Crippen molar-refractivity contribution in [2.75, 3.05) is 13.7 Å². The summed E-state index contributed by atoms with van der Waals surface area (Å²) in [6.45, 7) is 0.336. The first-order valence-corrected chi connectivity index (χ1v) is 12.7. The third-order valence-corrected chi connectivity index (χ3v) is 7.09. The summed E-state index contributed by atoms with van der Waals surface area (Å²) in [5.74, 6) is 0.105. The van der Waals surface area contributed by atoms with Crippen LogP contribution in [0, 0.1) is 0 Å². The maximum Gasteiger partial charge on any atom is 0.328 e. The van der Waals surface area contributed by atoms with Crippen molar-refractivity contribution < 1.29 is 42.2 Å². The number of urea groups is 1. The van der Waals surface area contributed by atoms with Crippen molar-refractivity contribution in [3.05, 3.63) is 58.6 Å². The van der Waals surface area contributed by atoms with Gasteiger partial charge in [-0.1, -0.05) is 43.0 Å². The van der Waals surface area contributed by atoms with Gasteiger partial charge in [0, 0.05) is 37.1 Å². The van der Waals surface area contributed by atoms with E-state index in [1.807, 2.05) is 0 Å². The molecule has 0 aromatic heterocycles. The Morgan fingerprint density at radius 3 is 2.38 bits per heavy atom. The molecule has 0 aliphatic heterocycles. The van der Waals surface area contributed by atoms with Gasteiger partial charge in [-0.3, -0.25) is 4.79 Å². The van der Waals surface area contributed by atoms with Crippen molar-refractivity contribution >= 4 is 33.6 Å². The molecule has 0 atom stereocenters. The summed E-state index contributed by atoms with van der Waals surface area (Å²) in [6, 6.07) is 10.3. The van der Waals surface area contributed by atoms with Crippen LogP contribution in [0.5, 0.6) is 5.75 Å². The minimum absolute atomic E-state index is 0. The van der Waals surface area contributed by atoms with Gasteiger partial charge in [0.2, 0.25) is 0 Å². The Kier molecular flexibility index (Phi) is 10.8. The van der Waals surface area contributed by atoms with E-state index in [9.17, 15) is 18.0 Å². The van der Waals surface area contributed by atoms with Crippen molar-refractivity contribution in [1.82, 2.24) is 15.4 Å². The van der Waals surface area contributed by atoms with Crippen LogP contribution in [0.25, 0.3) is 0 Å². The first-order chi connectivity index (χ1) is 15.8. The summed E-state index contributed by atoms with van der Waals surface area (Å²) in [5, 5.41) is 5.96. The molecule has 180 valence electrons. The van der Waals surface area contributed by atoms with Gasteiger partial charge in [-0.25, -0.2) is 17.9 Å². The largest absolute Gasteiger partial charge is 0.496 e. The predicted octanol–water partition coefficient (Wildman–Crippen LogP) is 3.64. The van der Waals surface area contributed by atoms with E-state index < -0.39 is 16.1 Å². The van der Waals surface area contributed by atoms with Gasteiger partial charge in [-0.15, -0.1) is 0 Å². The molecule has 0 unspecified atom stereocenters. The second kappa shape index (κ2) is 13.1. The van der Waals surface area contributed by atoms with E-state index in [0.717, 1.165) is 37.7 Å². The number of amides is 3. The molecule has 34 heavy (non-hydrogen) atoms. The molecule has 11 heteroatoms. The van der Waals surface area contributed by atoms with Crippen LogP contribution in [0.15, 0.2) is 47.4 Å². The Balaban J connectivity index is 0.00000408. The van der Waals surface area contributed by atoms with E-state index >= 15 is 0 Å². The van der Waals surface area contributed by atoms with Crippen LogP contribution < -0.4 is 20.1 Å². The zero-order valence-electron chi connectivity index (χ0n) is 19.1. The molecule has 1 aliphatic rings. The van der Waals surface area contributed by atoms with Crippen molar-refractivity contribution in [3.8, 4) is 5.75 Å². The number of benzene rings is 2. The van der Waals surface area contributed by atoms with Crippen molar-refractivity contribution in [3.63, 3.8) is 0 Å². The number of carbonyl (C=O) groups is 2. The molecule has 3 N–H and O–H groups in total. The number of hydrogen-bond donors (Lipinski definition) is 3. The van der Waals surface area contributed by atoms with E-state index in [1.54, 1.807) is 24.3 Å². The molecule has 2 aromatic carbocycles. The van der Waals surface area contributed by atoms with Gasteiger partial charge in [0.05, 0.1) is 17.6 Å². The third kappa shape index (κ3) is 7.96. The van der Waals surface area contributed by atoms with Gasteiger partial charge < -0.3 is 15.4 Å². The molecule has 0 radical (unpaired) electrons. The van der Waals surface area contributed by atoms with Crippen LogP contribution in [0.1, 0.15) is 48.0 Å². The standard InChI is InChI=1S/C23H28ClN3O5S.Zn/c1-32-21-12-9-17(24)15-20(21)22(28)25-14-13-16-7-10-19(11-8-16)33(30,31)27-23(29)26-18-5-3-2-4-6-18;/h7-12,15,18H,2-6,13-14H2,1H3,(H,25,28)(H2,26,27,29);. The second-order valence-electron chi connectivity index (χ2n) is 7.91. The molecule has 2 aromatic rings.